The lowest BCUT2D eigenvalue weighted by Crippen LogP contribution is -3.00. The lowest BCUT2D eigenvalue weighted by Gasteiger charge is -2.37. The van der Waals surface area contributed by atoms with E-state index in [1.54, 1.807) is 0 Å². The molecule has 1 aromatic carbocycles. The van der Waals surface area contributed by atoms with Gasteiger partial charge in [-0.3, -0.25) is 0 Å². The number of nitrogens with zero attached hydrogens (tertiary/aromatic N) is 1. The molecule has 1 aliphatic heterocycles. The first-order chi connectivity index (χ1) is 19.7. The number of unbranched alkanes of at least 4 members (excludes halogenated alkanes) is 14. The second-order valence-electron chi connectivity index (χ2n) is 12.3. The Kier molecular flexibility index (Phi) is 25.8. The molecule has 1 aliphatic rings. The number of rotatable bonds is 27. The van der Waals surface area contributed by atoms with Gasteiger partial charge in [0.1, 0.15) is 19.2 Å². The van der Waals surface area contributed by atoms with E-state index in [0.29, 0.717) is 19.8 Å². The van der Waals surface area contributed by atoms with Gasteiger partial charge in [-0.2, -0.15) is 0 Å². The lowest BCUT2D eigenvalue weighted by molar-refractivity contribution is -0.917. The number of halogens is 1. The number of ether oxygens (including phenoxy) is 4. The first-order valence-electron chi connectivity index (χ1n) is 16.9. The van der Waals surface area contributed by atoms with Crippen LogP contribution in [0.2, 0.25) is 0 Å². The second kappa shape index (κ2) is 27.3. The first-order valence-corrected chi connectivity index (χ1v) is 16.9. The highest BCUT2D eigenvalue weighted by atomic mass is 127. The smallest absolute Gasteiger partial charge is 0.105 e. The van der Waals surface area contributed by atoms with Gasteiger partial charge < -0.3 is 47.4 Å². The van der Waals surface area contributed by atoms with Gasteiger partial charge in [0.2, 0.25) is 0 Å². The number of quaternary nitrogens is 1. The highest BCUT2D eigenvalue weighted by Gasteiger charge is 2.24. The molecule has 1 saturated heterocycles. The SMILES string of the molecule is CCCCCCCCCCCCCCCCOCC(COCCCC[N+]1(C)CCOCC1)OCc1ccccc1.[I-]. The highest BCUT2D eigenvalue weighted by molar-refractivity contribution is 5.13. The Morgan fingerprint density at radius 1 is 0.683 bits per heavy atom. The van der Waals surface area contributed by atoms with E-state index in [1.165, 1.54) is 102 Å². The summed E-state index contributed by atoms with van der Waals surface area (Å²) in [5.41, 5.74) is 1.20. The van der Waals surface area contributed by atoms with Crippen molar-refractivity contribution in [2.75, 3.05) is 66.3 Å². The van der Waals surface area contributed by atoms with Crippen LogP contribution in [0.25, 0.3) is 0 Å². The van der Waals surface area contributed by atoms with Crippen molar-refractivity contribution in [3.05, 3.63) is 35.9 Å². The van der Waals surface area contributed by atoms with Crippen molar-refractivity contribution < 1.29 is 47.4 Å². The lowest BCUT2D eigenvalue weighted by atomic mass is 10.0. The van der Waals surface area contributed by atoms with Crippen LogP contribution in [0.4, 0.5) is 0 Å². The molecule has 0 spiro atoms. The largest absolute Gasteiger partial charge is 1.00 e. The van der Waals surface area contributed by atoms with Crippen molar-refractivity contribution in [1.29, 1.82) is 0 Å². The quantitative estimate of drug-likeness (QED) is 0.0710. The van der Waals surface area contributed by atoms with Gasteiger partial charge in [0, 0.05) is 13.2 Å². The van der Waals surface area contributed by atoms with E-state index in [0.717, 1.165) is 56.8 Å². The van der Waals surface area contributed by atoms with E-state index in [9.17, 15) is 0 Å². The first kappa shape index (κ1) is 38.8. The van der Waals surface area contributed by atoms with Crippen molar-refractivity contribution in [3.8, 4) is 0 Å². The molecule has 0 N–H and O–H groups in total. The Hall–Kier alpha value is -0.250. The Bertz CT molecular complexity index is 671. The molecule has 2 rings (SSSR count). The number of likely N-dealkylation sites (N-methyl/N-ethyl adjacent to an activating group) is 1. The zero-order valence-corrected chi connectivity index (χ0v) is 29.0. The van der Waals surface area contributed by atoms with E-state index < -0.39 is 0 Å². The van der Waals surface area contributed by atoms with Gasteiger partial charge >= 0.3 is 0 Å². The molecule has 1 fully saturated rings. The molecular weight excluding hydrogens is 625 g/mol. The van der Waals surface area contributed by atoms with Crippen LogP contribution in [0.15, 0.2) is 30.3 Å². The van der Waals surface area contributed by atoms with E-state index in [2.05, 4.69) is 38.2 Å². The molecule has 0 aliphatic carbocycles. The summed E-state index contributed by atoms with van der Waals surface area (Å²) in [6, 6.07) is 10.4. The Labute approximate surface area is 271 Å². The van der Waals surface area contributed by atoms with Gasteiger partial charge in [0.25, 0.3) is 0 Å². The molecule has 5 nitrogen and oxygen atoms in total. The van der Waals surface area contributed by atoms with Crippen LogP contribution in [0.5, 0.6) is 0 Å². The molecule has 0 amide bonds. The summed E-state index contributed by atoms with van der Waals surface area (Å²) in [5, 5.41) is 0. The Balaban J connectivity index is 0.00000840. The third-order valence-electron chi connectivity index (χ3n) is 8.37. The van der Waals surface area contributed by atoms with Crippen molar-refractivity contribution in [2.24, 2.45) is 0 Å². The topological polar surface area (TPSA) is 36.9 Å². The predicted molar refractivity (Wildman–Crippen MR) is 168 cm³/mol. The van der Waals surface area contributed by atoms with Crippen molar-refractivity contribution in [2.45, 2.75) is 122 Å². The number of morpholine rings is 1. The molecular formula is C35H64INO4. The van der Waals surface area contributed by atoms with Gasteiger partial charge in [0.15, 0.2) is 0 Å². The zero-order chi connectivity index (χ0) is 28.4. The zero-order valence-electron chi connectivity index (χ0n) is 26.8. The summed E-state index contributed by atoms with van der Waals surface area (Å²) >= 11 is 0. The average molecular weight is 690 g/mol. The molecule has 1 aromatic rings. The molecule has 0 radical (unpaired) electrons. The molecule has 0 aromatic heterocycles. The Morgan fingerprint density at radius 3 is 1.71 bits per heavy atom. The molecule has 240 valence electrons. The fourth-order valence-electron chi connectivity index (χ4n) is 5.47. The fraction of sp³-hybridized carbons (Fsp3) is 0.829. The number of benzene rings is 1. The van der Waals surface area contributed by atoms with E-state index in [-0.39, 0.29) is 30.1 Å². The van der Waals surface area contributed by atoms with Crippen molar-refractivity contribution in [1.82, 2.24) is 0 Å². The van der Waals surface area contributed by atoms with E-state index >= 15 is 0 Å². The summed E-state index contributed by atoms with van der Waals surface area (Å²) in [6.45, 7) is 11.0. The van der Waals surface area contributed by atoms with Crippen LogP contribution in [-0.2, 0) is 25.6 Å². The standard InChI is InChI=1S/C35H64NO4.HI/c1-3-4-5-6-7-8-9-10-11-12-13-14-15-20-27-38-32-35(40-31-34-22-17-16-18-23-34)33-39-28-21-19-24-36(2)25-29-37-30-26-36;/h16-18,22-23,35H,3-15,19-21,24-33H2,1-2H3;1H/q+1;/p-1. The minimum absolute atomic E-state index is 0. The Morgan fingerprint density at radius 2 is 1.17 bits per heavy atom. The monoisotopic (exact) mass is 689 g/mol. The van der Waals surface area contributed by atoms with Crippen molar-refractivity contribution in [3.63, 3.8) is 0 Å². The molecule has 1 unspecified atom stereocenters. The highest BCUT2D eigenvalue weighted by Crippen LogP contribution is 2.14. The summed E-state index contributed by atoms with van der Waals surface area (Å²) in [6.07, 6.45) is 21.6. The molecule has 0 bridgehead atoms. The summed E-state index contributed by atoms with van der Waals surface area (Å²) < 4.78 is 25.0. The molecule has 0 saturated carbocycles. The normalized spacial score (nSPS) is 15.5. The number of hydrogen-bond acceptors (Lipinski definition) is 4. The second-order valence-corrected chi connectivity index (χ2v) is 12.3. The van der Waals surface area contributed by atoms with Gasteiger partial charge in [0.05, 0.1) is 46.6 Å². The summed E-state index contributed by atoms with van der Waals surface area (Å²) in [4.78, 5) is 0. The number of hydrogen-bond donors (Lipinski definition) is 0. The van der Waals surface area contributed by atoms with Gasteiger partial charge in [-0.15, -0.1) is 0 Å². The van der Waals surface area contributed by atoms with Crippen LogP contribution >= 0.6 is 0 Å². The van der Waals surface area contributed by atoms with Gasteiger partial charge in [-0.05, 0) is 24.8 Å². The van der Waals surface area contributed by atoms with E-state index in [1.807, 2.05) is 6.07 Å². The third-order valence-corrected chi connectivity index (χ3v) is 8.37. The van der Waals surface area contributed by atoms with Gasteiger partial charge in [-0.1, -0.05) is 121 Å². The molecule has 41 heavy (non-hydrogen) atoms. The van der Waals surface area contributed by atoms with Gasteiger partial charge in [-0.25, -0.2) is 0 Å². The third kappa shape index (κ3) is 22.0. The summed E-state index contributed by atoms with van der Waals surface area (Å²) in [5.74, 6) is 0. The fourth-order valence-corrected chi connectivity index (χ4v) is 5.47. The molecule has 1 atom stereocenters. The van der Waals surface area contributed by atoms with Crippen LogP contribution in [0.3, 0.4) is 0 Å². The summed E-state index contributed by atoms with van der Waals surface area (Å²) in [7, 11) is 2.35. The maximum absolute atomic E-state index is 6.20. The molecule has 6 heteroatoms. The average Bonchev–Trinajstić information content (AvgIpc) is 2.97. The van der Waals surface area contributed by atoms with Crippen LogP contribution in [0, 0.1) is 0 Å². The molecule has 1 heterocycles. The van der Waals surface area contributed by atoms with Crippen LogP contribution in [0.1, 0.15) is 115 Å². The van der Waals surface area contributed by atoms with E-state index in [4.69, 9.17) is 18.9 Å². The predicted octanol–water partition coefficient (Wildman–Crippen LogP) is 5.35. The minimum Gasteiger partial charge on any atom is -1.00 e. The van der Waals surface area contributed by atoms with Crippen LogP contribution < -0.4 is 24.0 Å². The maximum Gasteiger partial charge on any atom is 0.105 e. The van der Waals surface area contributed by atoms with Crippen molar-refractivity contribution >= 4 is 0 Å². The minimum atomic E-state index is -0.0179. The van der Waals surface area contributed by atoms with Crippen LogP contribution in [-0.4, -0.2) is 76.9 Å². The maximum atomic E-state index is 6.20.